The van der Waals surface area contributed by atoms with E-state index >= 15 is 0 Å². The van der Waals surface area contributed by atoms with Gasteiger partial charge in [-0.25, -0.2) is 4.98 Å². The van der Waals surface area contributed by atoms with Gasteiger partial charge < -0.3 is 19.9 Å². The molecular formula is C17H20BN3O4. The van der Waals surface area contributed by atoms with Crippen LogP contribution in [0.2, 0.25) is 0 Å². The SMILES string of the molecule is Cc1nc(C2CCCN2C(=O)c2ccc(B(O)O)c(C=O)c2)[nH]c1C. The molecule has 0 saturated carbocycles. The Morgan fingerprint density at radius 1 is 1.40 bits per heavy atom. The van der Waals surface area contributed by atoms with E-state index in [1.54, 1.807) is 4.90 Å². The first-order valence-corrected chi connectivity index (χ1v) is 8.21. The highest BCUT2D eigenvalue weighted by atomic mass is 16.4. The molecule has 1 saturated heterocycles. The molecule has 8 heteroatoms. The van der Waals surface area contributed by atoms with Crippen LogP contribution in [0.5, 0.6) is 0 Å². The van der Waals surface area contributed by atoms with Crippen molar-refractivity contribution in [1.29, 1.82) is 0 Å². The summed E-state index contributed by atoms with van der Waals surface area (Å²) in [6.07, 6.45) is 2.22. The zero-order chi connectivity index (χ0) is 18.1. The number of carbonyl (C=O) groups is 2. The lowest BCUT2D eigenvalue weighted by molar-refractivity contribution is 0.0730. The number of nitrogens with one attached hydrogen (secondary N) is 1. The Morgan fingerprint density at radius 2 is 2.16 bits per heavy atom. The minimum Gasteiger partial charge on any atom is -0.423 e. The molecule has 25 heavy (non-hydrogen) atoms. The van der Waals surface area contributed by atoms with Gasteiger partial charge in [0.1, 0.15) is 12.1 Å². The number of imidazole rings is 1. The second-order valence-electron chi connectivity index (χ2n) is 6.32. The number of H-pyrrole nitrogens is 1. The molecule has 1 atom stereocenters. The van der Waals surface area contributed by atoms with Crippen molar-refractivity contribution in [3.05, 3.63) is 46.5 Å². The van der Waals surface area contributed by atoms with Gasteiger partial charge in [0, 0.05) is 23.4 Å². The van der Waals surface area contributed by atoms with Crippen LogP contribution < -0.4 is 5.46 Å². The quantitative estimate of drug-likeness (QED) is 0.555. The Balaban J connectivity index is 1.90. The van der Waals surface area contributed by atoms with E-state index in [-0.39, 0.29) is 23.0 Å². The summed E-state index contributed by atoms with van der Waals surface area (Å²) in [6, 6.07) is 4.19. The second kappa shape index (κ2) is 6.82. The van der Waals surface area contributed by atoms with Crippen molar-refractivity contribution < 1.29 is 19.6 Å². The maximum atomic E-state index is 12.9. The average molecular weight is 341 g/mol. The predicted octanol–water partition coefficient (Wildman–Crippen LogP) is 0.496. The van der Waals surface area contributed by atoms with Crippen molar-refractivity contribution in [2.24, 2.45) is 0 Å². The van der Waals surface area contributed by atoms with Crippen LogP contribution in [0.25, 0.3) is 0 Å². The molecule has 3 rings (SSSR count). The molecule has 130 valence electrons. The third kappa shape index (κ3) is 3.23. The van der Waals surface area contributed by atoms with Crippen molar-refractivity contribution in [3.8, 4) is 0 Å². The molecule has 1 aliphatic heterocycles. The first-order chi connectivity index (χ1) is 11.9. The Morgan fingerprint density at radius 3 is 2.76 bits per heavy atom. The number of aryl methyl sites for hydroxylation is 2. The number of rotatable bonds is 4. The van der Waals surface area contributed by atoms with Crippen molar-refractivity contribution in [2.45, 2.75) is 32.7 Å². The van der Waals surface area contributed by atoms with Crippen LogP contribution in [0.1, 0.15) is 56.8 Å². The average Bonchev–Trinajstić information content (AvgIpc) is 3.20. The molecule has 1 aromatic heterocycles. The van der Waals surface area contributed by atoms with Gasteiger partial charge in [-0.15, -0.1) is 0 Å². The third-order valence-electron chi connectivity index (χ3n) is 4.71. The normalized spacial score (nSPS) is 17.0. The molecule has 0 spiro atoms. The summed E-state index contributed by atoms with van der Waals surface area (Å²) in [4.78, 5) is 33.6. The van der Waals surface area contributed by atoms with Gasteiger partial charge in [0.25, 0.3) is 5.91 Å². The molecule has 3 N–H and O–H groups in total. The monoisotopic (exact) mass is 341 g/mol. The molecule has 1 unspecified atom stereocenters. The fourth-order valence-corrected chi connectivity index (χ4v) is 3.24. The number of aromatic amines is 1. The van der Waals surface area contributed by atoms with Gasteiger partial charge >= 0.3 is 7.12 Å². The minimum atomic E-state index is -1.75. The largest absolute Gasteiger partial charge is 0.489 e. The molecule has 0 bridgehead atoms. The van der Waals surface area contributed by atoms with E-state index in [1.165, 1.54) is 18.2 Å². The number of amides is 1. The van der Waals surface area contributed by atoms with Crippen LogP contribution >= 0.6 is 0 Å². The van der Waals surface area contributed by atoms with Gasteiger partial charge in [0.2, 0.25) is 0 Å². The van der Waals surface area contributed by atoms with E-state index in [1.807, 2.05) is 13.8 Å². The van der Waals surface area contributed by atoms with Crippen molar-refractivity contribution in [3.63, 3.8) is 0 Å². The number of hydrogen-bond acceptors (Lipinski definition) is 5. The fourth-order valence-electron chi connectivity index (χ4n) is 3.24. The van der Waals surface area contributed by atoms with Gasteiger partial charge in [-0.1, -0.05) is 6.07 Å². The zero-order valence-electron chi connectivity index (χ0n) is 14.2. The Labute approximate surface area is 145 Å². The fraction of sp³-hybridized carbons (Fsp3) is 0.353. The van der Waals surface area contributed by atoms with Gasteiger partial charge in [-0.05, 0) is 44.3 Å². The van der Waals surface area contributed by atoms with Gasteiger partial charge in [0.05, 0.1) is 11.7 Å². The summed E-state index contributed by atoms with van der Waals surface area (Å²) in [6.45, 7) is 4.48. The lowest BCUT2D eigenvalue weighted by atomic mass is 9.77. The molecular weight excluding hydrogens is 321 g/mol. The molecule has 0 aliphatic carbocycles. The molecule has 1 aromatic carbocycles. The van der Waals surface area contributed by atoms with Gasteiger partial charge in [-0.2, -0.15) is 0 Å². The summed E-state index contributed by atoms with van der Waals surface area (Å²) < 4.78 is 0. The lowest BCUT2D eigenvalue weighted by Gasteiger charge is -2.23. The van der Waals surface area contributed by atoms with Gasteiger partial charge in [-0.3, -0.25) is 9.59 Å². The van der Waals surface area contributed by atoms with Crippen LogP contribution in [0.3, 0.4) is 0 Å². The smallest absolute Gasteiger partial charge is 0.423 e. The van der Waals surface area contributed by atoms with Crippen LogP contribution in [0.15, 0.2) is 18.2 Å². The van der Waals surface area contributed by atoms with Crippen molar-refractivity contribution in [2.75, 3.05) is 6.54 Å². The van der Waals surface area contributed by atoms with Crippen LogP contribution in [0, 0.1) is 13.8 Å². The Kier molecular flexibility index (Phi) is 4.74. The summed E-state index contributed by atoms with van der Waals surface area (Å²) in [5.74, 6) is 0.579. The first kappa shape index (κ1) is 17.4. The van der Waals surface area contributed by atoms with E-state index in [4.69, 9.17) is 0 Å². The standard InChI is InChI=1S/C17H20BN3O4/c1-10-11(2)20-16(19-10)15-4-3-7-21(15)17(23)12-5-6-14(18(24)25)13(8-12)9-22/h5-6,8-9,15,24-25H,3-4,7H2,1-2H3,(H,19,20). The Hall–Kier alpha value is -2.45. The zero-order valence-corrected chi connectivity index (χ0v) is 14.2. The number of carbonyl (C=O) groups excluding carboxylic acids is 2. The molecule has 0 radical (unpaired) electrons. The predicted molar refractivity (Wildman–Crippen MR) is 92.7 cm³/mol. The van der Waals surface area contributed by atoms with Crippen LogP contribution in [-0.2, 0) is 0 Å². The maximum Gasteiger partial charge on any atom is 0.489 e. The second-order valence-corrected chi connectivity index (χ2v) is 6.32. The first-order valence-electron chi connectivity index (χ1n) is 8.21. The number of benzene rings is 1. The maximum absolute atomic E-state index is 12.9. The number of likely N-dealkylation sites (tertiary alicyclic amines) is 1. The van der Waals surface area contributed by atoms with Crippen molar-refractivity contribution >= 4 is 24.8 Å². The minimum absolute atomic E-state index is 0.0850. The topological polar surface area (TPSA) is 107 Å². The summed E-state index contributed by atoms with van der Waals surface area (Å²) >= 11 is 0. The summed E-state index contributed by atoms with van der Waals surface area (Å²) in [5, 5.41) is 18.6. The highest BCUT2D eigenvalue weighted by Crippen LogP contribution is 2.32. The third-order valence-corrected chi connectivity index (χ3v) is 4.71. The molecule has 1 aliphatic rings. The van der Waals surface area contributed by atoms with E-state index in [0.29, 0.717) is 18.4 Å². The molecule has 2 heterocycles. The summed E-state index contributed by atoms with van der Waals surface area (Å²) in [5.41, 5.74) is 2.43. The molecule has 2 aromatic rings. The molecule has 1 fully saturated rings. The van der Waals surface area contributed by atoms with Crippen LogP contribution in [-0.4, -0.2) is 50.8 Å². The lowest BCUT2D eigenvalue weighted by Crippen LogP contribution is -2.35. The van der Waals surface area contributed by atoms with E-state index in [0.717, 1.165) is 30.1 Å². The number of aldehydes is 1. The van der Waals surface area contributed by atoms with E-state index in [2.05, 4.69) is 9.97 Å². The highest BCUT2D eigenvalue weighted by Gasteiger charge is 2.33. The number of hydrogen-bond donors (Lipinski definition) is 3. The van der Waals surface area contributed by atoms with Gasteiger partial charge in [0.15, 0.2) is 0 Å². The molecule has 7 nitrogen and oxygen atoms in total. The van der Waals surface area contributed by atoms with E-state index in [9.17, 15) is 19.6 Å². The number of aromatic nitrogens is 2. The van der Waals surface area contributed by atoms with Crippen molar-refractivity contribution in [1.82, 2.24) is 14.9 Å². The van der Waals surface area contributed by atoms with E-state index < -0.39 is 7.12 Å². The Bertz CT molecular complexity index is 799. The van der Waals surface area contributed by atoms with Crippen LogP contribution in [0.4, 0.5) is 0 Å². The molecule has 1 amide bonds. The highest BCUT2D eigenvalue weighted by molar-refractivity contribution is 6.60. The number of nitrogens with zero attached hydrogens (tertiary/aromatic N) is 2. The summed E-state index contributed by atoms with van der Waals surface area (Å²) in [7, 11) is -1.75.